The molecule has 0 aromatic heterocycles. The number of rotatable bonds is 4. The number of hydrogen-bond donors (Lipinski definition) is 0. The molecule has 0 bridgehead atoms. The van der Waals surface area contributed by atoms with Gasteiger partial charge in [0.25, 0.3) is 5.69 Å². The molecule has 1 aliphatic heterocycles. The van der Waals surface area contributed by atoms with E-state index in [1.807, 2.05) is 6.07 Å². The zero-order chi connectivity index (χ0) is 15.4. The van der Waals surface area contributed by atoms with Crippen LogP contribution in [0.3, 0.4) is 0 Å². The lowest BCUT2D eigenvalue weighted by Crippen LogP contribution is -2.24. The summed E-state index contributed by atoms with van der Waals surface area (Å²) in [6, 6.07) is 5.12. The number of benzene rings is 1. The molecule has 5 heteroatoms. The van der Waals surface area contributed by atoms with Crippen LogP contribution in [0.15, 0.2) is 18.2 Å². The summed E-state index contributed by atoms with van der Waals surface area (Å²) in [5.74, 6) is 1.54. The summed E-state index contributed by atoms with van der Waals surface area (Å²) in [4.78, 5) is 12.9. The first kappa shape index (κ1) is 16.2. The molecule has 1 saturated heterocycles. The minimum Gasteiger partial charge on any atom is -0.299 e. The van der Waals surface area contributed by atoms with Crippen molar-refractivity contribution in [1.29, 1.82) is 0 Å². The van der Waals surface area contributed by atoms with Gasteiger partial charge in [-0.2, -0.15) is 0 Å². The monoisotopic (exact) mass is 310 g/mol. The molecule has 1 aliphatic rings. The molecular formula is C16H23ClN2O2. The SMILES string of the molecule is CC(C)C1CCCN(Cc2ccc(Cl)c([N+](=O)[O-])c2)CC1. The number of hydrogen-bond acceptors (Lipinski definition) is 3. The molecule has 1 unspecified atom stereocenters. The van der Waals surface area contributed by atoms with Crippen LogP contribution in [0.5, 0.6) is 0 Å². The molecule has 0 amide bonds. The van der Waals surface area contributed by atoms with E-state index >= 15 is 0 Å². The Kier molecular flexibility index (Phi) is 5.59. The molecule has 2 rings (SSSR count). The molecule has 0 radical (unpaired) electrons. The third-order valence-electron chi connectivity index (χ3n) is 4.42. The van der Waals surface area contributed by atoms with Crippen LogP contribution in [0.1, 0.15) is 38.7 Å². The van der Waals surface area contributed by atoms with E-state index in [4.69, 9.17) is 11.6 Å². The van der Waals surface area contributed by atoms with Crippen LogP contribution in [0.25, 0.3) is 0 Å². The first-order valence-electron chi connectivity index (χ1n) is 7.62. The minimum atomic E-state index is -0.414. The second kappa shape index (κ2) is 7.23. The lowest BCUT2D eigenvalue weighted by Gasteiger charge is -2.21. The standard InChI is InChI=1S/C16H23ClN2O2/c1-12(2)14-4-3-8-18(9-7-14)11-13-5-6-15(17)16(10-13)19(20)21/h5-6,10,12,14H,3-4,7-9,11H2,1-2H3. The Morgan fingerprint density at radius 1 is 1.38 bits per heavy atom. The largest absolute Gasteiger partial charge is 0.299 e. The normalized spacial score (nSPS) is 20.5. The van der Waals surface area contributed by atoms with Gasteiger partial charge in [0.05, 0.1) is 4.92 Å². The fraction of sp³-hybridized carbons (Fsp3) is 0.625. The van der Waals surface area contributed by atoms with Crippen molar-refractivity contribution in [3.05, 3.63) is 38.9 Å². The molecule has 21 heavy (non-hydrogen) atoms. The Hall–Kier alpha value is -1.13. The van der Waals surface area contributed by atoms with Gasteiger partial charge in [-0.15, -0.1) is 0 Å². The van der Waals surface area contributed by atoms with E-state index in [2.05, 4.69) is 18.7 Å². The molecule has 4 nitrogen and oxygen atoms in total. The third-order valence-corrected chi connectivity index (χ3v) is 4.74. The number of nitrogens with zero attached hydrogens (tertiary/aromatic N) is 2. The molecule has 1 aromatic carbocycles. The summed E-state index contributed by atoms with van der Waals surface area (Å²) in [5.41, 5.74) is 0.971. The summed E-state index contributed by atoms with van der Waals surface area (Å²) in [5, 5.41) is 11.2. The second-order valence-corrected chi connectivity index (χ2v) is 6.66. The van der Waals surface area contributed by atoms with Gasteiger partial charge in [0.15, 0.2) is 0 Å². The van der Waals surface area contributed by atoms with Gasteiger partial charge < -0.3 is 0 Å². The zero-order valence-electron chi connectivity index (χ0n) is 12.7. The minimum absolute atomic E-state index is 0.00375. The van der Waals surface area contributed by atoms with Gasteiger partial charge in [0, 0.05) is 12.6 Å². The van der Waals surface area contributed by atoms with Crippen molar-refractivity contribution in [1.82, 2.24) is 4.90 Å². The lowest BCUT2D eigenvalue weighted by molar-refractivity contribution is -0.384. The molecule has 0 N–H and O–H groups in total. The molecule has 1 aromatic rings. The fourth-order valence-corrected chi connectivity index (χ4v) is 3.25. The summed E-state index contributed by atoms with van der Waals surface area (Å²) in [7, 11) is 0. The molecule has 0 spiro atoms. The number of nitro benzene ring substituents is 1. The molecule has 1 fully saturated rings. The molecule has 1 heterocycles. The van der Waals surface area contributed by atoms with E-state index in [9.17, 15) is 10.1 Å². The van der Waals surface area contributed by atoms with Crippen molar-refractivity contribution >= 4 is 17.3 Å². The molecule has 0 saturated carbocycles. The number of likely N-dealkylation sites (tertiary alicyclic amines) is 1. The van der Waals surface area contributed by atoms with Gasteiger partial charge in [-0.05, 0) is 55.8 Å². The van der Waals surface area contributed by atoms with Crippen molar-refractivity contribution in [3.63, 3.8) is 0 Å². The average Bonchev–Trinajstić information content (AvgIpc) is 2.66. The van der Waals surface area contributed by atoms with E-state index in [1.54, 1.807) is 12.1 Å². The van der Waals surface area contributed by atoms with Crippen molar-refractivity contribution in [2.45, 2.75) is 39.7 Å². The van der Waals surface area contributed by atoms with Gasteiger partial charge >= 0.3 is 0 Å². The summed E-state index contributed by atoms with van der Waals surface area (Å²) >= 11 is 5.86. The van der Waals surface area contributed by atoms with E-state index in [-0.39, 0.29) is 10.7 Å². The van der Waals surface area contributed by atoms with Crippen LogP contribution in [-0.2, 0) is 6.54 Å². The zero-order valence-corrected chi connectivity index (χ0v) is 13.5. The number of halogens is 1. The maximum absolute atomic E-state index is 10.9. The van der Waals surface area contributed by atoms with Crippen LogP contribution in [0.2, 0.25) is 5.02 Å². The van der Waals surface area contributed by atoms with E-state index < -0.39 is 4.92 Å². The average molecular weight is 311 g/mol. The summed E-state index contributed by atoms with van der Waals surface area (Å²) in [6.45, 7) is 7.49. The molecule has 0 aliphatic carbocycles. The molecule has 1 atom stereocenters. The van der Waals surface area contributed by atoms with Gasteiger partial charge in [0.2, 0.25) is 0 Å². The predicted molar refractivity (Wildman–Crippen MR) is 85.6 cm³/mol. The quantitative estimate of drug-likeness (QED) is 0.607. The Bertz CT molecular complexity index is 505. The highest BCUT2D eigenvalue weighted by atomic mass is 35.5. The third kappa shape index (κ3) is 4.42. The smallest absolute Gasteiger partial charge is 0.288 e. The first-order chi connectivity index (χ1) is 9.97. The van der Waals surface area contributed by atoms with Crippen LogP contribution in [0.4, 0.5) is 5.69 Å². The van der Waals surface area contributed by atoms with E-state index in [0.717, 1.165) is 37.0 Å². The Labute approximate surface area is 131 Å². The van der Waals surface area contributed by atoms with Crippen molar-refractivity contribution in [2.75, 3.05) is 13.1 Å². The Morgan fingerprint density at radius 2 is 2.14 bits per heavy atom. The highest BCUT2D eigenvalue weighted by molar-refractivity contribution is 6.32. The van der Waals surface area contributed by atoms with E-state index in [0.29, 0.717) is 0 Å². The topological polar surface area (TPSA) is 46.4 Å². The molecule has 116 valence electrons. The first-order valence-corrected chi connectivity index (χ1v) is 8.00. The van der Waals surface area contributed by atoms with Crippen molar-refractivity contribution < 1.29 is 4.92 Å². The van der Waals surface area contributed by atoms with Gasteiger partial charge in [-0.25, -0.2) is 0 Å². The highest BCUT2D eigenvalue weighted by Crippen LogP contribution is 2.28. The predicted octanol–water partition coefficient (Wildman–Crippen LogP) is 4.51. The number of nitro groups is 1. The lowest BCUT2D eigenvalue weighted by atomic mass is 9.89. The molecular weight excluding hydrogens is 288 g/mol. The van der Waals surface area contributed by atoms with Gasteiger partial charge in [0.1, 0.15) is 5.02 Å². The van der Waals surface area contributed by atoms with Crippen LogP contribution >= 0.6 is 11.6 Å². The van der Waals surface area contributed by atoms with Gasteiger partial charge in [-0.1, -0.05) is 31.5 Å². The highest BCUT2D eigenvalue weighted by Gasteiger charge is 2.20. The van der Waals surface area contributed by atoms with Crippen LogP contribution < -0.4 is 0 Å². The van der Waals surface area contributed by atoms with Crippen molar-refractivity contribution in [3.8, 4) is 0 Å². The Morgan fingerprint density at radius 3 is 2.81 bits per heavy atom. The second-order valence-electron chi connectivity index (χ2n) is 6.25. The van der Waals surface area contributed by atoms with Crippen LogP contribution in [0, 0.1) is 22.0 Å². The summed E-state index contributed by atoms with van der Waals surface area (Å²) < 4.78 is 0. The maximum atomic E-state index is 10.9. The fourth-order valence-electron chi connectivity index (χ4n) is 3.06. The Balaban J connectivity index is 2.01. The maximum Gasteiger partial charge on any atom is 0.288 e. The van der Waals surface area contributed by atoms with E-state index in [1.165, 1.54) is 19.3 Å². The van der Waals surface area contributed by atoms with Gasteiger partial charge in [-0.3, -0.25) is 15.0 Å². The summed E-state index contributed by atoms with van der Waals surface area (Å²) in [6.07, 6.45) is 3.71. The van der Waals surface area contributed by atoms with Crippen molar-refractivity contribution in [2.24, 2.45) is 11.8 Å². The van der Waals surface area contributed by atoms with Crippen LogP contribution in [-0.4, -0.2) is 22.9 Å².